The standard InChI is InChI=1S/C13H15BrN2O2/c1-9(5-15)6-16(2)7-10-3-12-13(4-11(10)14)18-8-17-12/h3-4,9H,6-8H2,1-2H3/t9-/m0/s1. The molecular weight excluding hydrogens is 296 g/mol. The van der Waals surface area contributed by atoms with Gasteiger partial charge in [0.2, 0.25) is 6.79 Å². The Morgan fingerprint density at radius 2 is 2.11 bits per heavy atom. The van der Waals surface area contributed by atoms with Crippen molar-refractivity contribution in [3.05, 3.63) is 22.2 Å². The smallest absolute Gasteiger partial charge is 0.231 e. The second kappa shape index (κ2) is 5.59. The van der Waals surface area contributed by atoms with E-state index in [0.717, 1.165) is 34.6 Å². The minimum absolute atomic E-state index is 0.0304. The largest absolute Gasteiger partial charge is 0.454 e. The van der Waals surface area contributed by atoms with E-state index >= 15 is 0 Å². The zero-order chi connectivity index (χ0) is 13.1. The van der Waals surface area contributed by atoms with Gasteiger partial charge in [-0.2, -0.15) is 5.26 Å². The molecule has 5 heteroatoms. The summed E-state index contributed by atoms with van der Waals surface area (Å²) in [5.74, 6) is 1.59. The molecule has 4 nitrogen and oxygen atoms in total. The molecule has 1 atom stereocenters. The van der Waals surface area contributed by atoms with Crippen LogP contribution in [0, 0.1) is 17.2 Å². The molecule has 1 aliphatic heterocycles. The summed E-state index contributed by atoms with van der Waals surface area (Å²) in [5.41, 5.74) is 1.13. The molecule has 2 rings (SSSR count). The van der Waals surface area contributed by atoms with E-state index in [9.17, 15) is 0 Å². The van der Waals surface area contributed by atoms with Crippen LogP contribution >= 0.6 is 15.9 Å². The molecule has 1 aromatic carbocycles. The Balaban J connectivity index is 2.08. The second-order valence-corrected chi connectivity index (χ2v) is 5.38. The molecule has 0 aromatic heterocycles. The monoisotopic (exact) mass is 310 g/mol. The summed E-state index contributed by atoms with van der Waals surface area (Å²) in [5, 5.41) is 8.81. The lowest BCUT2D eigenvalue weighted by atomic mass is 10.1. The number of halogens is 1. The van der Waals surface area contributed by atoms with Crippen molar-refractivity contribution in [3.8, 4) is 17.6 Å². The molecule has 0 saturated carbocycles. The van der Waals surface area contributed by atoms with Crippen molar-refractivity contribution in [2.24, 2.45) is 5.92 Å². The van der Waals surface area contributed by atoms with E-state index in [0.29, 0.717) is 0 Å². The molecule has 1 aliphatic rings. The van der Waals surface area contributed by atoms with Gasteiger partial charge in [-0.05, 0) is 31.7 Å². The summed E-state index contributed by atoms with van der Waals surface area (Å²) in [6.07, 6.45) is 0. The maximum Gasteiger partial charge on any atom is 0.231 e. The first-order chi connectivity index (χ1) is 8.60. The molecule has 0 radical (unpaired) electrons. The molecular formula is C13H15BrN2O2. The van der Waals surface area contributed by atoms with Crippen LogP contribution < -0.4 is 9.47 Å². The first-order valence-electron chi connectivity index (χ1n) is 5.76. The van der Waals surface area contributed by atoms with Crippen LogP contribution in [0.15, 0.2) is 16.6 Å². The molecule has 0 N–H and O–H groups in total. The maximum absolute atomic E-state index is 8.81. The van der Waals surface area contributed by atoms with E-state index in [1.54, 1.807) is 0 Å². The van der Waals surface area contributed by atoms with Gasteiger partial charge in [-0.15, -0.1) is 0 Å². The van der Waals surface area contributed by atoms with Gasteiger partial charge in [-0.25, -0.2) is 0 Å². The molecule has 96 valence electrons. The van der Waals surface area contributed by atoms with Crippen molar-refractivity contribution in [3.63, 3.8) is 0 Å². The van der Waals surface area contributed by atoms with E-state index < -0.39 is 0 Å². The highest BCUT2D eigenvalue weighted by Gasteiger charge is 2.17. The first-order valence-corrected chi connectivity index (χ1v) is 6.55. The van der Waals surface area contributed by atoms with Gasteiger partial charge in [0.1, 0.15) is 0 Å². The Hall–Kier alpha value is -1.25. The van der Waals surface area contributed by atoms with Crippen LogP contribution in [-0.4, -0.2) is 25.3 Å². The number of ether oxygens (including phenoxy) is 2. The first kappa shape index (κ1) is 13.2. The molecule has 18 heavy (non-hydrogen) atoms. The van der Waals surface area contributed by atoms with Gasteiger partial charge in [0.05, 0.1) is 12.0 Å². The fourth-order valence-electron chi connectivity index (χ4n) is 1.94. The number of hydrogen-bond donors (Lipinski definition) is 0. The minimum Gasteiger partial charge on any atom is -0.454 e. The van der Waals surface area contributed by atoms with Crippen molar-refractivity contribution < 1.29 is 9.47 Å². The number of benzene rings is 1. The number of fused-ring (bicyclic) bond motifs is 1. The Bertz CT molecular complexity index is 485. The summed E-state index contributed by atoms with van der Waals surface area (Å²) >= 11 is 3.53. The van der Waals surface area contributed by atoms with Crippen molar-refractivity contribution in [2.45, 2.75) is 13.5 Å². The third-order valence-corrected chi connectivity index (χ3v) is 3.53. The van der Waals surface area contributed by atoms with Crippen LogP contribution in [0.25, 0.3) is 0 Å². The molecule has 0 bridgehead atoms. The van der Waals surface area contributed by atoms with Crippen molar-refractivity contribution in [2.75, 3.05) is 20.4 Å². The maximum atomic E-state index is 8.81. The number of rotatable bonds is 4. The van der Waals surface area contributed by atoms with Gasteiger partial charge in [-0.1, -0.05) is 15.9 Å². The van der Waals surface area contributed by atoms with E-state index in [2.05, 4.69) is 26.9 Å². The molecule has 0 spiro atoms. The van der Waals surface area contributed by atoms with Gasteiger partial charge in [0, 0.05) is 17.6 Å². The Kier molecular flexibility index (Phi) is 4.10. The van der Waals surface area contributed by atoms with Crippen LogP contribution in [0.3, 0.4) is 0 Å². The summed E-state index contributed by atoms with van der Waals surface area (Å²) in [4.78, 5) is 2.12. The Morgan fingerprint density at radius 1 is 1.44 bits per heavy atom. The zero-order valence-corrected chi connectivity index (χ0v) is 12.0. The zero-order valence-electron chi connectivity index (χ0n) is 10.4. The van der Waals surface area contributed by atoms with Crippen LogP contribution in [0.5, 0.6) is 11.5 Å². The lowest BCUT2D eigenvalue weighted by molar-refractivity contribution is 0.174. The molecule has 0 unspecified atom stereocenters. The predicted molar refractivity (Wildman–Crippen MR) is 71.4 cm³/mol. The van der Waals surface area contributed by atoms with Gasteiger partial charge in [0.25, 0.3) is 0 Å². The van der Waals surface area contributed by atoms with Gasteiger partial charge < -0.3 is 14.4 Å². The number of nitriles is 1. The highest BCUT2D eigenvalue weighted by molar-refractivity contribution is 9.10. The molecule has 1 aromatic rings. The summed E-state index contributed by atoms with van der Waals surface area (Å²) in [6.45, 7) is 3.72. The van der Waals surface area contributed by atoms with Crippen molar-refractivity contribution in [1.82, 2.24) is 4.90 Å². The normalized spacial score (nSPS) is 14.6. The fourth-order valence-corrected chi connectivity index (χ4v) is 2.39. The van der Waals surface area contributed by atoms with Crippen LogP contribution in [0.1, 0.15) is 12.5 Å². The van der Waals surface area contributed by atoms with Crippen molar-refractivity contribution >= 4 is 15.9 Å². The average Bonchev–Trinajstić information content (AvgIpc) is 2.76. The number of hydrogen-bond acceptors (Lipinski definition) is 4. The second-order valence-electron chi connectivity index (χ2n) is 4.52. The quantitative estimate of drug-likeness (QED) is 0.858. The van der Waals surface area contributed by atoms with Crippen LogP contribution in [0.4, 0.5) is 0 Å². The van der Waals surface area contributed by atoms with E-state index in [1.807, 2.05) is 26.1 Å². The third kappa shape index (κ3) is 2.95. The summed E-state index contributed by atoms with van der Waals surface area (Å²) in [6, 6.07) is 6.16. The topological polar surface area (TPSA) is 45.5 Å². The van der Waals surface area contributed by atoms with E-state index in [-0.39, 0.29) is 12.7 Å². The van der Waals surface area contributed by atoms with E-state index in [1.165, 1.54) is 0 Å². The lowest BCUT2D eigenvalue weighted by Crippen LogP contribution is -2.23. The highest BCUT2D eigenvalue weighted by atomic mass is 79.9. The van der Waals surface area contributed by atoms with Crippen molar-refractivity contribution in [1.29, 1.82) is 5.26 Å². The van der Waals surface area contributed by atoms with Gasteiger partial charge in [-0.3, -0.25) is 0 Å². The van der Waals surface area contributed by atoms with Crippen LogP contribution in [0.2, 0.25) is 0 Å². The molecule has 0 saturated heterocycles. The highest BCUT2D eigenvalue weighted by Crippen LogP contribution is 2.37. The molecule has 0 fully saturated rings. The Labute approximate surface area is 115 Å². The summed E-state index contributed by atoms with van der Waals surface area (Å²) in [7, 11) is 2.00. The average molecular weight is 311 g/mol. The van der Waals surface area contributed by atoms with E-state index in [4.69, 9.17) is 14.7 Å². The minimum atomic E-state index is 0.0304. The summed E-state index contributed by atoms with van der Waals surface area (Å²) < 4.78 is 11.7. The van der Waals surface area contributed by atoms with Crippen LogP contribution in [-0.2, 0) is 6.54 Å². The van der Waals surface area contributed by atoms with Gasteiger partial charge in [0.15, 0.2) is 11.5 Å². The van der Waals surface area contributed by atoms with Gasteiger partial charge >= 0.3 is 0 Å². The predicted octanol–water partition coefficient (Wildman–Crippen LogP) is 2.77. The molecule has 0 aliphatic carbocycles. The third-order valence-electron chi connectivity index (χ3n) is 2.79. The molecule has 0 amide bonds. The SMILES string of the molecule is C[C@@H](C#N)CN(C)Cc1cc2c(cc1Br)OCO2. The lowest BCUT2D eigenvalue weighted by Gasteiger charge is -2.18. The Morgan fingerprint density at radius 3 is 2.78 bits per heavy atom. The molecule has 1 heterocycles. The number of nitrogens with zero attached hydrogens (tertiary/aromatic N) is 2. The fraction of sp³-hybridized carbons (Fsp3) is 0.462.